The van der Waals surface area contributed by atoms with Crippen LogP contribution in [0.1, 0.15) is 30.9 Å². The molecule has 1 nitrogen and oxygen atoms in total. The van der Waals surface area contributed by atoms with E-state index < -0.39 is 0 Å². The molecule has 0 unspecified atom stereocenters. The zero-order valence-corrected chi connectivity index (χ0v) is 9.92. The van der Waals surface area contributed by atoms with E-state index in [2.05, 4.69) is 5.92 Å². The van der Waals surface area contributed by atoms with E-state index in [9.17, 15) is 4.39 Å². The summed E-state index contributed by atoms with van der Waals surface area (Å²) in [5, 5.41) is 1.69. The summed E-state index contributed by atoms with van der Waals surface area (Å²) in [6, 6.07) is 6.80. The molecule has 2 heteroatoms. The number of hydrogen-bond acceptors (Lipinski definition) is 1. The summed E-state index contributed by atoms with van der Waals surface area (Å²) in [6.07, 6.45) is 5.40. The number of halogens is 1. The number of hydrogen-bond donors (Lipinski definition) is 1. The third-order valence-electron chi connectivity index (χ3n) is 2.89. The third-order valence-corrected chi connectivity index (χ3v) is 2.89. The predicted octanol–water partition coefficient (Wildman–Crippen LogP) is 3.67. The molecular weight excluding hydrogens is 213 g/mol. The molecule has 2 aromatic carbocycles. The van der Waals surface area contributed by atoms with Crippen molar-refractivity contribution >= 4 is 16.5 Å². The van der Waals surface area contributed by atoms with Gasteiger partial charge in [-0.2, -0.15) is 0 Å². The van der Waals surface area contributed by atoms with Crippen molar-refractivity contribution in [3.8, 4) is 12.3 Å². The number of fused-ring (bicyclic) bond motifs is 1. The van der Waals surface area contributed by atoms with Gasteiger partial charge in [-0.1, -0.05) is 25.8 Å². The smallest absolute Gasteiger partial charge is 0.139 e. The maximum Gasteiger partial charge on any atom is 0.139 e. The standard InChI is InChI=1S/C15H14FN/c1-4-12-14(16)6-5-10-7-11(17)8-13(9(2)3)15(10)12/h1,5-9H,17H2,2-3H3. The zero-order valence-electron chi connectivity index (χ0n) is 9.92. The minimum absolute atomic E-state index is 0.245. The van der Waals surface area contributed by atoms with Gasteiger partial charge in [-0.15, -0.1) is 6.42 Å². The summed E-state index contributed by atoms with van der Waals surface area (Å²) in [6.45, 7) is 4.08. The number of nitrogen functional groups attached to an aromatic ring is 1. The summed E-state index contributed by atoms with van der Waals surface area (Å²) in [7, 11) is 0. The van der Waals surface area contributed by atoms with Crippen LogP contribution >= 0.6 is 0 Å². The van der Waals surface area contributed by atoms with Gasteiger partial charge in [0, 0.05) is 11.1 Å². The first-order valence-corrected chi connectivity index (χ1v) is 5.53. The normalized spacial score (nSPS) is 10.8. The van der Waals surface area contributed by atoms with Gasteiger partial charge in [0.2, 0.25) is 0 Å². The van der Waals surface area contributed by atoms with Crippen LogP contribution in [-0.2, 0) is 0 Å². The molecule has 2 rings (SSSR count). The molecule has 0 bridgehead atoms. The monoisotopic (exact) mass is 227 g/mol. The summed E-state index contributed by atoms with van der Waals surface area (Å²) in [5.74, 6) is 2.33. The Balaban J connectivity index is 2.98. The Morgan fingerprint density at radius 3 is 2.59 bits per heavy atom. The van der Waals surface area contributed by atoms with E-state index in [1.54, 1.807) is 6.07 Å². The van der Waals surface area contributed by atoms with Crippen LogP contribution in [0.5, 0.6) is 0 Å². The molecule has 17 heavy (non-hydrogen) atoms. The van der Waals surface area contributed by atoms with Gasteiger partial charge < -0.3 is 5.73 Å². The lowest BCUT2D eigenvalue weighted by atomic mass is 9.92. The molecule has 0 heterocycles. The highest BCUT2D eigenvalue weighted by atomic mass is 19.1. The number of anilines is 1. The van der Waals surface area contributed by atoms with E-state index in [4.69, 9.17) is 12.2 Å². The van der Waals surface area contributed by atoms with Crippen molar-refractivity contribution < 1.29 is 4.39 Å². The van der Waals surface area contributed by atoms with Crippen molar-refractivity contribution in [3.05, 3.63) is 41.2 Å². The molecule has 2 N–H and O–H groups in total. The van der Waals surface area contributed by atoms with Crippen molar-refractivity contribution in [1.82, 2.24) is 0 Å². The largest absolute Gasteiger partial charge is 0.399 e. The fourth-order valence-electron chi connectivity index (χ4n) is 2.09. The fourth-order valence-corrected chi connectivity index (χ4v) is 2.09. The van der Waals surface area contributed by atoms with Crippen LogP contribution in [0.25, 0.3) is 10.8 Å². The topological polar surface area (TPSA) is 26.0 Å². The molecule has 0 aliphatic heterocycles. The summed E-state index contributed by atoms with van der Waals surface area (Å²) in [4.78, 5) is 0. The van der Waals surface area contributed by atoms with Crippen LogP contribution in [0.4, 0.5) is 10.1 Å². The van der Waals surface area contributed by atoms with Gasteiger partial charge in [0.15, 0.2) is 0 Å². The Labute approximate surface area is 100 Å². The van der Waals surface area contributed by atoms with E-state index in [1.165, 1.54) is 6.07 Å². The fraction of sp³-hybridized carbons (Fsp3) is 0.200. The highest BCUT2D eigenvalue weighted by molar-refractivity contribution is 5.94. The Morgan fingerprint density at radius 1 is 1.29 bits per heavy atom. The molecule has 0 amide bonds. The maximum atomic E-state index is 13.7. The van der Waals surface area contributed by atoms with Crippen molar-refractivity contribution in [2.45, 2.75) is 19.8 Å². The van der Waals surface area contributed by atoms with Crippen molar-refractivity contribution in [2.75, 3.05) is 5.73 Å². The average Bonchev–Trinajstić information content (AvgIpc) is 2.28. The van der Waals surface area contributed by atoms with Crippen LogP contribution in [-0.4, -0.2) is 0 Å². The molecule has 0 spiro atoms. The summed E-state index contributed by atoms with van der Waals surface area (Å²) < 4.78 is 13.7. The Bertz CT molecular complexity index is 621. The van der Waals surface area contributed by atoms with Crippen LogP contribution in [0, 0.1) is 18.2 Å². The van der Waals surface area contributed by atoms with Gasteiger partial charge in [0.25, 0.3) is 0 Å². The van der Waals surface area contributed by atoms with Crippen LogP contribution in [0.2, 0.25) is 0 Å². The van der Waals surface area contributed by atoms with Gasteiger partial charge in [-0.05, 0) is 35.1 Å². The predicted molar refractivity (Wildman–Crippen MR) is 70.3 cm³/mol. The highest BCUT2D eigenvalue weighted by Gasteiger charge is 2.12. The first-order chi connectivity index (χ1) is 8.04. The van der Waals surface area contributed by atoms with Gasteiger partial charge in [-0.3, -0.25) is 0 Å². The molecule has 2 aromatic rings. The highest BCUT2D eigenvalue weighted by Crippen LogP contribution is 2.31. The van der Waals surface area contributed by atoms with E-state index in [0.717, 1.165) is 16.3 Å². The first kappa shape index (κ1) is 11.5. The molecule has 0 saturated carbocycles. The molecule has 0 aliphatic rings. The molecule has 86 valence electrons. The zero-order chi connectivity index (χ0) is 12.6. The second-order valence-electron chi connectivity index (χ2n) is 4.43. The molecule has 0 saturated heterocycles. The Morgan fingerprint density at radius 2 is 2.00 bits per heavy atom. The molecular formula is C15H14FN. The van der Waals surface area contributed by atoms with E-state index >= 15 is 0 Å². The molecule has 0 aromatic heterocycles. The maximum absolute atomic E-state index is 13.7. The van der Waals surface area contributed by atoms with E-state index in [1.807, 2.05) is 26.0 Å². The van der Waals surface area contributed by atoms with Gasteiger partial charge in [-0.25, -0.2) is 4.39 Å². The van der Waals surface area contributed by atoms with Crippen molar-refractivity contribution in [3.63, 3.8) is 0 Å². The molecule has 0 aliphatic carbocycles. The molecule has 0 atom stereocenters. The second-order valence-corrected chi connectivity index (χ2v) is 4.43. The van der Waals surface area contributed by atoms with Crippen molar-refractivity contribution in [1.29, 1.82) is 0 Å². The molecule has 0 fully saturated rings. The first-order valence-electron chi connectivity index (χ1n) is 5.53. The molecule has 0 radical (unpaired) electrons. The van der Waals surface area contributed by atoms with Crippen molar-refractivity contribution in [2.24, 2.45) is 0 Å². The summed E-state index contributed by atoms with van der Waals surface area (Å²) in [5.41, 5.74) is 7.84. The Hall–Kier alpha value is -2.01. The minimum atomic E-state index is -0.355. The van der Waals surface area contributed by atoms with Crippen LogP contribution < -0.4 is 5.73 Å². The second kappa shape index (κ2) is 4.10. The minimum Gasteiger partial charge on any atom is -0.399 e. The number of rotatable bonds is 1. The Kier molecular flexibility index (Phi) is 2.77. The number of benzene rings is 2. The van der Waals surface area contributed by atoms with Crippen LogP contribution in [0.3, 0.4) is 0 Å². The summed E-state index contributed by atoms with van der Waals surface area (Å²) >= 11 is 0. The SMILES string of the molecule is C#Cc1c(F)ccc2cc(N)cc(C(C)C)c12. The van der Waals surface area contributed by atoms with Gasteiger partial charge >= 0.3 is 0 Å². The lowest BCUT2D eigenvalue weighted by Gasteiger charge is -2.13. The van der Waals surface area contributed by atoms with Gasteiger partial charge in [0.1, 0.15) is 5.82 Å². The van der Waals surface area contributed by atoms with Gasteiger partial charge in [0.05, 0.1) is 5.56 Å². The lowest BCUT2D eigenvalue weighted by Crippen LogP contribution is -1.97. The van der Waals surface area contributed by atoms with Crippen LogP contribution in [0.15, 0.2) is 24.3 Å². The quantitative estimate of drug-likeness (QED) is 0.584. The van der Waals surface area contributed by atoms with E-state index in [-0.39, 0.29) is 11.7 Å². The number of nitrogens with two attached hydrogens (primary N) is 1. The third kappa shape index (κ3) is 1.85. The number of terminal acetylenes is 1. The average molecular weight is 227 g/mol. The lowest BCUT2D eigenvalue weighted by molar-refractivity contribution is 0.626. The van der Waals surface area contributed by atoms with E-state index in [0.29, 0.717) is 11.3 Å².